The van der Waals surface area contributed by atoms with Crippen LogP contribution in [0.5, 0.6) is 0 Å². The van der Waals surface area contributed by atoms with Gasteiger partial charge in [-0.2, -0.15) is 0 Å². The number of aliphatic hydroxyl groups excluding tert-OH is 1. The molecule has 1 aromatic carbocycles. The van der Waals surface area contributed by atoms with Gasteiger partial charge in [0.2, 0.25) is 0 Å². The predicted octanol–water partition coefficient (Wildman–Crippen LogP) is 2.09. The predicted molar refractivity (Wildman–Crippen MR) is 67.6 cm³/mol. The van der Waals surface area contributed by atoms with Crippen molar-refractivity contribution in [1.82, 2.24) is 10.6 Å². The highest BCUT2D eigenvalue weighted by Gasteiger charge is 2.19. The lowest BCUT2D eigenvalue weighted by Gasteiger charge is -2.21. The van der Waals surface area contributed by atoms with Crippen LogP contribution in [0.1, 0.15) is 32.4 Å². The van der Waals surface area contributed by atoms with E-state index >= 15 is 0 Å². The molecule has 2 amide bonds. The minimum absolute atomic E-state index is 0.0346. The Labute approximate surface area is 110 Å². The van der Waals surface area contributed by atoms with Gasteiger partial charge in [-0.05, 0) is 38.5 Å². The first kappa shape index (κ1) is 15.4. The van der Waals surface area contributed by atoms with Gasteiger partial charge in [0.15, 0.2) is 11.6 Å². The number of hydrogen-bond donors (Lipinski definition) is 3. The van der Waals surface area contributed by atoms with Crippen LogP contribution in [-0.2, 0) is 0 Å². The van der Waals surface area contributed by atoms with Gasteiger partial charge >= 0.3 is 6.03 Å². The van der Waals surface area contributed by atoms with Crippen molar-refractivity contribution in [3.05, 3.63) is 35.4 Å². The maximum absolute atomic E-state index is 13.1. The summed E-state index contributed by atoms with van der Waals surface area (Å²) in [6.07, 6.45) is -1.12. The first-order valence-corrected chi connectivity index (χ1v) is 6.01. The molecule has 3 N–H and O–H groups in total. The average molecular weight is 272 g/mol. The van der Waals surface area contributed by atoms with E-state index < -0.39 is 29.8 Å². The van der Waals surface area contributed by atoms with E-state index in [0.717, 1.165) is 12.1 Å². The Kier molecular flexibility index (Phi) is 5.23. The minimum Gasteiger partial charge on any atom is -0.386 e. The SMILES string of the molecule is CC(C)NC(=O)NC(C)C(O)c1ccc(F)c(F)c1. The molecule has 4 nitrogen and oxygen atoms in total. The largest absolute Gasteiger partial charge is 0.386 e. The van der Waals surface area contributed by atoms with Gasteiger partial charge in [0, 0.05) is 6.04 Å². The highest BCUT2D eigenvalue weighted by molar-refractivity contribution is 5.74. The molecule has 0 fully saturated rings. The van der Waals surface area contributed by atoms with Crippen molar-refractivity contribution in [3.63, 3.8) is 0 Å². The number of benzene rings is 1. The number of amides is 2. The molecule has 2 unspecified atom stereocenters. The fraction of sp³-hybridized carbons (Fsp3) is 0.462. The fourth-order valence-electron chi connectivity index (χ4n) is 1.57. The van der Waals surface area contributed by atoms with Crippen LogP contribution in [0, 0.1) is 11.6 Å². The van der Waals surface area contributed by atoms with E-state index in [2.05, 4.69) is 10.6 Å². The zero-order chi connectivity index (χ0) is 14.6. The average Bonchev–Trinajstić information content (AvgIpc) is 2.30. The van der Waals surface area contributed by atoms with Gasteiger partial charge < -0.3 is 15.7 Å². The molecule has 0 radical (unpaired) electrons. The lowest BCUT2D eigenvalue weighted by atomic mass is 10.0. The molecule has 1 aromatic rings. The number of halogens is 2. The Balaban J connectivity index is 2.68. The maximum Gasteiger partial charge on any atom is 0.315 e. The topological polar surface area (TPSA) is 61.4 Å². The second-order valence-corrected chi connectivity index (χ2v) is 4.68. The van der Waals surface area contributed by atoms with Gasteiger partial charge in [0.1, 0.15) is 0 Å². The lowest BCUT2D eigenvalue weighted by molar-refractivity contribution is 0.136. The summed E-state index contributed by atoms with van der Waals surface area (Å²) in [5, 5.41) is 15.1. The van der Waals surface area contributed by atoms with Crippen molar-refractivity contribution in [3.8, 4) is 0 Å². The van der Waals surface area contributed by atoms with Gasteiger partial charge in [0.05, 0.1) is 12.1 Å². The summed E-state index contributed by atoms with van der Waals surface area (Å²) < 4.78 is 25.8. The Morgan fingerprint density at radius 2 is 1.79 bits per heavy atom. The molecule has 0 aromatic heterocycles. The zero-order valence-corrected chi connectivity index (χ0v) is 11.1. The molecule has 0 aliphatic carbocycles. The Hall–Kier alpha value is -1.69. The van der Waals surface area contributed by atoms with Crippen molar-refractivity contribution in [2.24, 2.45) is 0 Å². The first-order valence-electron chi connectivity index (χ1n) is 6.01. The van der Waals surface area contributed by atoms with Crippen LogP contribution in [0.15, 0.2) is 18.2 Å². The molecule has 0 spiro atoms. The summed E-state index contributed by atoms with van der Waals surface area (Å²) in [5.41, 5.74) is 0.205. The molecule has 0 bridgehead atoms. The summed E-state index contributed by atoms with van der Waals surface area (Å²) in [6.45, 7) is 5.18. The molecule has 0 saturated carbocycles. The van der Waals surface area contributed by atoms with E-state index in [0.29, 0.717) is 0 Å². The zero-order valence-electron chi connectivity index (χ0n) is 11.1. The van der Waals surface area contributed by atoms with Crippen LogP contribution in [-0.4, -0.2) is 23.2 Å². The summed E-state index contributed by atoms with van der Waals surface area (Å²) in [6, 6.07) is 2.04. The number of urea groups is 1. The monoisotopic (exact) mass is 272 g/mol. The standard InChI is InChI=1S/C13H18F2N2O2/c1-7(2)16-13(19)17-8(3)12(18)9-4-5-10(14)11(15)6-9/h4-8,12,18H,1-3H3,(H2,16,17,19). The van der Waals surface area contributed by atoms with Gasteiger partial charge in [-0.15, -0.1) is 0 Å². The van der Waals surface area contributed by atoms with Crippen LogP contribution < -0.4 is 10.6 Å². The molecular weight excluding hydrogens is 254 g/mol. The van der Waals surface area contributed by atoms with E-state index in [1.807, 2.05) is 0 Å². The third-order valence-electron chi connectivity index (χ3n) is 2.54. The van der Waals surface area contributed by atoms with E-state index in [1.165, 1.54) is 6.07 Å². The summed E-state index contributed by atoms with van der Waals surface area (Å²) in [7, 11) is 0. The van der Waals surface area contributed by atoms with Crippen molar-refractivity contribution in [2.45, 2.75) is 39.0 Å². The summed E-state index contributed by atoms with van der Waals surface area (Å²) >= 11 is 0. The Morgan fingerprint density at radius 3 is 2.32 bits per heavy atom. The number of hydrogen-bond acceptors (Lipinski definition) is 2. The maximum atomic E-state index is 13.1. The molecule has 106 valence electrons. The van der Waals surface area contributed by atoms with E-state index in [1.54, 1.807) is 20.8 Å². The quantitative estimate of drug-likeness (QED) is 0.786. The summed E-state index contributed by atoms with van der Waals surface area (Å²) in [5.74, 6) is -2.01. The fourth-order valence-corrected chi connectivity index (χ4v) is 1.57. The van der Waals surface area contributed by atoms with Gasteiger partial charge in [0.25, 0.3) is 0 Å². The lowest BCUT2D eigenvalue weighted by Crippen LogP contribution is -2.45. The van der Waals surface area contributed by atoms with E-state index in [-0.39, 0.29) is 11.6 Å². The third kappa shape index (κ3) is 4.48. The van der Waals surface area contributed by atoms with Crippen molar-refractivity contribution < 1.29 is 18.7 Å². The molecule has 19 heavy (non-hydrogen) atoms. The van der Waals surface area contributed by atoms with Crippen molar-refractivity contribution >= 4 is 6.03 Å². The van der Waals surface area contributed by atoms with Crippen LogP contribution in [0.25, 0.3) is 0 Å². The van der Waals surface area contributed by atoms with E-state index in [4.69, 9.17) is 0 Å². The molecule has 0 aliphatic rings. The van der Waals surface area contributed by atoms with Crippen LogP contribution in [0.2, 0.25) is 0 Å². The third-order valence-corrected chi connectivity index (χ3v) is 2.54. The number of rotatable bonds is 4. The molecular formula is C13H18F2N2O2. The molecule has 0 heterocycles. The number of nitrogens with one attached hydrogen (secondary N) is 2. The Morgan fingerprint density at radius 1 is 1.16 bits per heavy atom. The molecule has 6 heteroatoms. The molecule has 0 saturated heterocycles. The molecule has 2 atom stereocenters. The highest BCUT2D eigenvalue weighted by Crippen LogP contribution is 2.19. The number of carbonyl (C=O) groups excluding carboxylic acids is 1. The normalized spacial score (nSPS) is 14.1. The first-order chi connectivity index (χ1) is 8.81. The minimum atomic E-state index is -1.12. The number of carbonyl (C=O) groups is 1. The van der Waals surface area contributed by atoms with Crippen molar-refractivity contribution in [1.29, 1.82) is 0 Å². The summed E-state index contributed by atoms with van der Waals surface area (Å²) in [4.78, 5) is 11.5. The smallest absolute Gasteiger partial charge is 0.315 e. The Bertz CT molecular complexity index is 452. The highest BCUT2D eigenvalue weighted by atomic mass is 19.2. The van der Waals surface area contributed by atoms with Crippen LogP contribution >= 0.6 is 0 Å². The van der Waals surface area contributed by atoms with Gasteiger partial charge in [-0.1, -0.05) is 6.07 Å². The molecule has 0 aliphatic heterocycles. The van der Waals surface area contributed by atoms with Gasteiger partial charge in [-0.3, -0.25) is 0 Å². The second-order valence-electron chi connectivity index (χ2n) is 4.68. The van der Waals surface area contributed by atoms with Crippen LogP contribution in [0.3, 0.4) is 0 Å². The van der Waals surface area contributed by atoms with Crippen LogP contribution in [0.4, 0.5) is 13.6 Å². The van der Waals surface area contributed by atoms with Crippen molar-refractivity contribution in [2.75, 3.05) is 0 Å². The second kappa shape index (κ2) is 6.47. The van der Waals surface area contributed by atoms with Gasteiger partial charge in [-0.25, -0.2) is 13.6 Å². The number of aliphatic hydroxyl groups is 1. The van der Waals surface area contributed by atoms with E-state index in [9.17, 15) is 18.7 Å². The molecule has 1 rings (SSSR count).